The number of rotatable bonds is 2. The van der Waals surface area contributed by atoms with Gasteiger partial charge in [0, 0.05) is 6.61 Å². The van der Waals surface area contributed by atoms with Crippen molar-refractivity contribution in [1.29, 1.82) is 0 Å². The second kappa shape index (κ2) is 4.79. The van der Waals surface area contributed by atoms with Crippen LogP contribution >= 0.6 is 0 Å². The molecule has 0 saturated heterocycles. The largest absolute Gasteiger partial charge is 0.396 e. The molecule has 0 bridgehead atoms. The third-order valence-electron chi connectivity index (χ3n) is 6.39. The fourth-order valence-electron chi connectivity index (χ4n) is 5.26. The number of aliphatic hydroxyl groups excluding tert-OH is 2. The molecule has 2 nitrogen and oxygen atoms in total. The maximum atomic E-state index is 10.3. The molecule has 2 N–H and O–H groups in total. The van der Waals surface area contributed by atoms with E-state index in [-0.39, 0.29) is 11.5 Å². The molecule has 5 unspecified atom stereocenters. The summed E-state index contributed by atoms with van der Waals surface area (Å²) >= 11 is 0. The minimum absolute atomic E-state index is 0.0286. The van der Waals surface area contributed by atoms with Gasteiger partial charge in [-0.15, -0.1) is 0 Å². The second-order valence-electron chi connectivity index (χ2n) is 7.61. The third kappa shape index (κ3) is 2.02. The van der Waals surface area contributed by atoms with Gasteiger partial charge in [-0.1, -0.05) is 34.1 Å². The summed E-state index contributed by atoms with van der Waals surface area (Å²) in [5.41, 5.74) is 0.337. The highest BCUT2D eigenvalue weighted by Gasteiger charge is 2.56. The molecular weight excluding hydrogens is 224 g/mol. The van der Waals surface area contributed by atoms with E-state index in [1.54, 1.807) is 0 Å². The van der Waals surface area contributed by atoms with E-state index in [0.29, 0.717) is 29.8 Å². The molecule has 2 heteroatoms. The van der Waals surface area contributed by atoms with E-state index in [1.807, 2.05) is 0 Å². The third-order valence-corrected chi connectivity index (χ3v) is 6.39. The predicted molar refractivity (Wildman–Crippen MR) is 74.2 cm³/mol. The SMILES string of the molecule is CC1CCC2C(C)(C)C(O)CCC2(C)C1CCO. The van der Waals surface area contributed by atoms with Gasteiger partial charge >= 0.3 is 0 Å². The lowest BCUT2D eigenvalue weighted by molar-refractivity contribution is -0.151. The van der Waals surface area contributed by atoms with Crippen LogP contribution in [-0.2, 0) is 0 Å². The van der Waals surface area contributed by atoms with Gasteiger partial charge in [-0.2, -0.15) is 0 Å². The van der Waals surface area contributed by atoms with Crippen LogP contribution in [0.2, 0.25) is 0 Å². The fourth-order valence-corrected chi connectivity index (χ4v) is 5.26. The first-order valence-corrected chi connectivity index (χ1v) is 7.63. The van der Waals surface area contributed by atoms with Crippen LogP contribution in [0.3, 0.4) is 0 Å². The van der Waals surface area contributed by atoms with Gasteiger partial charge in [0.2, 0.25) is 0 Å². The predicted octanol–water partition coefficient (Wildman–Crippen LogP) is 3.22. The van der Waals surface area contributed by atoms with Crippen LogP contribution in [0.1, 0.15) is 59.8 Å². The van der Waals surface area contributed by atoms with Crippen molar-refractivity contribution in [2.45, 2.75) is 65.9 Å². The Morgan fingerprint density at radius 3 is 2.39 bits per heavy atom. The van der Waals surface area contributed by atoms with Crippen LogP contribution in [0.15, 0.2) is 0 Å². The Balaban J connectivity index is 2.31. The molecule has 0 aromatic carbocycles. The van der Waals surface area contributed by atoms with Crippen LogP contribution in [-0.4, -0.2) is 22.9 Å². The highest BCUT2D eigenvalue weighted by Crippen LogP contribution is 2.61. The van der Waals surface area contributed by atoms with Gasteiger partial charge < -0.3 is 10.2 Å². The van der Waals surface area contributed by atoms with E-state index >= 15 is 0 Å². The molecular formula is C16H30O2. The minimum Gasteiger partial charge on any atom is -0.396 e. The zero-order valence-electron chi connectivity index (χ0n) is 12.4. The highest BCUT2D eigenvalue weighted by atomic mass is 16.3. The molecule has 0 amide bonds. The molecule has 0 aliphatic heterocycles. The Morgan fingerprint density at radius 2 is 1.78 bits per heavy atom. The molecule has 2 saturated carbocycles. The van der Waals surface area contributed by atoms with Crippen LogP contribution in [0.5, 0.6) is 0 Å². The maximum Gasteiger partial charge on any atom is 0.0594 e. The van der Waals surface area contributed by atoms with Crippen molar-refractivity contribution in [2.24, 2.45) is 28.6 Å². The smallest absolute Gasteiger partial charge is 0.0594 e. The van der Waals surface area contributed by atoms with Gasteiger partial charge in [0.1, 0.15) is 0 Å². The monoisotopic (exact) mass is 254 g/mol. The lowest BCUT2D eigenvalue weighted by atomic mass is 9.45. The molecule has 2 fully saturated rings. The Morgan fingerprint density at radius 1 is 1.11 bits per heavy atom. The molecule has 2 rings (SSSR count). The molecule has 106 valence electrons. The van der Waals surface area contributed by atoms with E-state index in [2.05, 4.69) is 27.7 Å². The molecule has 5 atom stereocenters. The van der Waals surface area contributed by atoms with Crippen molar-refractivity contribution in [3.8, 4) is 0 Å². The quantitative estimate of drug-likeness (QED) is 0.794. The summed E-state index contributed by atoms with van der Waals surface area (Å²) in [7, 11) is 0. The van der Waals surface area contributed by atoms with E-state index < -0.39 is 0 Å². The van der Waals surface area contributed by atoms with Crippen LogP contribution in [0, 0.1) is 28.6 Å². The molecule has 0 aromatic rings. The van der Waals surface area contributed by atoms with Crippen molar-refractivity contribution < 1.29 is 10.2 Å². The van der Waals surface area contributed by atoms with Gasteiger partial charge in [-0.05, 0) is 54.3 Å². The number of hydrogen-bond donors (Lipinski definition) is 2. The van der Waals surface area contributed by atoms with Crippen molar-refractivity contribution in [2.75, 3.05) is 6.61 Å². The van der Waals surface area contributed by atoms with Crippen molar-refractivity contribution in [3.63, 3.8) is 0 Å². The van der Waals surface area contributed by atoms with E-state index in [0.717, 1.165) is 19.3 Å². The van der Waals surface area contributed by atoms with Gasteiger partial charge in [0.15, 0.2) is 0 Å². The molecule has 0 heterocycles. The van der Waals surface area contributed by atoms with Gasteiger partial charge in [0.25, 0.3) is 0 Å². The molecule has 18 heavy (non-hydrogen) atoms. The number of hydrogen-bond acceptors (Lipinski definition) is 2. The standard InChI is InChI=1S/C16H30O2/c1-11-5-6-13-15(2,3)14(18)7-9-16(13,4)12(11)8-10-17/h11-14,17-18H,5-10H2,1-4H3. The average molecular weight is 254 g/mol. The number of fused-ring (bicyclic) bond motifs is 1. The Kier molecular flexibility index (Phi) is 3.81. The summed E-state index contributed by atoms with van der Waals surface area (Å²) in [6.45, 7) is 9.55. The normalized spacial score (nSPS) is 47.7. The minimum atomic E-state index is -0.154. The molecule has 0 aromatic heterocycles. The van der Waals surface area contributed by atoms with Gasteiger partial charge in [0.05, 0.1) is 6.10 Å². The van der Waals surface area contributed by atoms with Crippen molar-refractivity contribution >= 4 is 0 Å². The number of aliphatic hydroxyl groups is 2. The molecule has 0 radical (unpaired) electrons. The van der Waals surface area contributed by atoms with Crippen LogP contribution < -0.4 is 0 Å². The maximum absolute atomic E-state index is 10.3. The molecule has 0 spiro atoms. The highest BCUT2D eigenvalue weighted by molar-refractivity contribution is 5.05. The zero-order chi connectivity index (χ0) is 13.6. The second-order valence-corrected chi connectivity index (χ2v) is 7.61. The molecule has 2 aliphatic rings. The Bertz CT molecular complexity index is 299. The first kappa shape index (κ1) is 14.3. The summed E-state index contributed by atoms with van der Waals surface area (Å²) in [6.07, 6.45) is 5.32. The Labute approximate surface area is 112 Å². The summed E-state index contributed by atoms with van der Waals surface area (Å²) < 4.78 is 0. The first-order chi connectivity index (χ1) is 8.34. The summed E-state index contributed by atoms with van der Waals surface area (Å²) in [5, 5.41) is 19.7. The lowest BCUT2D eigenvalue weighted by Gasteiger charge is -2.60. The van der Waals surface area contributed by atoms with E-state index in [1.165, 1.54) is 12.8 Å². The van der Waals surface area contributed by atoms with Crippen LogP contribution in [0.4, 0.5) is 0 Å². The summed E-state index contributed by atoms with van der Waals surface area (Å²) in [5.74, 6) is 1.93. The van der Waals surface area contributed by atoms with Gasteiger partial charge in [-0.3, -0.25) is 0 Å². The van der Waals surface area contributed by atoms with Gasteiger partial charge in [-0.25, -0.2) is 0 Å². The average Bonchev–Trinajstić information content (AvgIpc) is 2.29. The lowest BCUT2D eigenvalue weighted by Crippen LogP contribution is -2.56. The zero-order valence-corrected chi connectivity index (χ0v) is 12.4. The first-order valence-electron chi connectivity index (χ1n) is 7.63. The summed E-state index contributed by atoms with van der Waals surface area (Å²) in [4.78, 5) is 0. The van der Waals surface area contributed by atoms with Crippen molar-refractivity contribution in [3.05, 3.63) is 0 Å². The topological polar surface area (TPSA) is 40.5 Å². The van der Waals surface area contributed by atoms with E-state index in [9.17, 15) is 10.2 Å². The van der Waals surface area contributed by atoms with Crippen LogP contribution in [0.25, 0.3) is 0 Å². The van der Waals surface area contributed by atoms with Crippen molar-refractivity contribution in [1.82, 2.24) is 0 Å². The molecule has 2 aliphatic carbocycles. The Hall–Kier alpha value is -0.0800. The fraction of sp³-hybridized carbons (Fsp3) is 1.00. The summed E-state index contributed by atoms with van der Waals surface area (Å²) in [6, 6.07) is 0. The van der Waals surface area contributed by atoms with E-state index in [4.69, 9.17) is 0 Å².